The van der Waals surface area contributed by atoms with E-state index in [1.807, 2.05) is 24.3 Å². The smallest absolute Gasteiger partial charge is 0.303 e. The Labute approximate surface area is 197 Å². The van der Waals surface area contributed by atoms with E-state index in [4.69, 9.17) is 5.11 Å². The number of aliphatic hydroxyl groups excluding tert-OH is 1. The Kier molecular flexibility index (Phi) is 11.5. The number of pyridine rings is 1. The number of benzene rings is 1. The fraction of sp³-hybridized carbons (Fsp3) is 0.520. The molecule has 0 aliphatic carbocycles. The molecule has 0 aliphatic heterocycles. The molecule has 0 saturated carbocycles. The summed E-state index contributed by atoms with van der Waals surface area (Å²) in [6, 6.07) is 10.6. The van der Waals surface area contributed by atoms with E-state index < -0.39 is 22.1 Å². The summed E-state index contributed by atoms with van der Waals surface area (Å²) < 4.78 is 27.9. The van der Waals surface area contributed by atoms with Gasteiger partial charge in [0, 0.05) is 31.9 Å². The van der Waals surface area contributed by atoms with Crippen LogP contribution in [0.3, 0.4) is 0 Å². The van der Waals surface area contributed by atoms with E-state index in [2.05, 4.69) is 11.9 Å². The van der Waals surface area contributed by atoms with Crippen molar-refractivity contribution in [1.82, 2.24) is 9.29 Å². The molecule has 2 N–H and O–H groups in total. The van der Waals surface area contributed by atoms with Crippen LogP contribution >= 0.6 is 0 Å². The quantitative estimate of drug-likeness (QED) is 0.333. The molecule has 7 nitrogen and oxygen atoms in total. The van der Waals surface area contributed by atoms with Crippen LogP contribution in [-0.2, 0) is 21.4 Å². The van der Waals surface area contributed by atoms with Gasteiger partial charge in [-0.25, -0.2) is 8.42 Å². The lowest BCUT2D eigenvalue weighted by Gasteiger charge is -2.22. The second-order valence-corrected chi connectivity index (χ2v) is 10.3. The Hall–Kier alpha value is -2.29. The van der Waals surface area contributed by atoms with E-state index in [9.17, 15) is 18.3 Å². The fourth-order valence-corrected chi connectivity index (χ4v) is 5.09. The van der Waals surface area contributed by atoms with Crippen LogP contribution in [0.5, 0.6) is 0 Å². The summed E-state index contributed by atoms with van der Waals surface area (Å²) in [7, 11) is -3.72. The second-order valence-electron chi connectivity index (χ2n) is 8.34. The van der Waals surface area contributed by atoms with Gasteiger partial charge in [0.05, 0.1) is 6.10 Å². The average Bonchev–Trinajstić information content (AvgIpc) is 2.81. The minimum absolute atomic E-state index is 0.133. The van der Waals surface area contributed by atoms with Crippen molar-refractivity contribution < 1.29 is 23.4 Å². The zero-order valence-corrected chi connectivity index (χ0v) is 20.2. The Bertz CT molecular complexity index is 933. The summed E-state index contributed by atoms with van der Waals surface area (Å²) in [4.78, 5) is 14.8. The average molecular weight is 477 g/mol. The molecule has 33 heavy (non-hydrogen) atoms. The Morgan fingerprint density at radius 2 is 1.76 bits per heavy atom. The monoisotopic (exact) mass is 476 g/mol. The molecule has 1 heterocycles. The van der Waals surface area contributed by atoms with E-state index in [0.717, 1.165) is 49.7 Å². The maximum absolute atomic E-state index is 13.2. The van der Waals surface area contributed by atoms with Crippen LogP contribution in [0.2, 0.25) is 0 Å². The molecule has 0 spiro atoms. The number of carboxylic acids is 1. The summed E-state index contributed by atoms with van der Waals surface area (Å²) in [6.07, 6.45) is 9.15. The summed E-state index contributed by atoms with van der Waals surface area (Å²) in [6.45, 7) is 2.69. The number of nitrogens with zero attached hydrogens (tertiary/aromatic N) is 2. The minimum atomic E-state index is -3.72. The van der Waals surface area contributed by atoms with Crippen molar-refractivity contribution in [3.63, 3.8) is 0 Å². The molecule has 0 radical (unpaired) electrons. The van der Waals surface area contributed by atoms with Crippen molar-refractivity contribution in [3.8, 4) is 0 Å². The van der Waals surface area contributed by atoms with Gasteiger partial charge in [-0.15, -0.1) is 0 Å². The van der Waals surface area contributed by atoms with Crippen LogP contribution < -0.4 is 0 Å². The molecule has 1 atom stereocenters. The number of unbranched alkanes of at least 4 members (excludes halogenated alkanes) is 5. The molecule has 0 fully saturated rings. The number of aliphatic carboxylic acids is 1. The number of sulfonamides is 1. The van der Waals surface area contributed by atoms with Crippen LogP contribution in [-0.4, -0.2) is 40.4 Å². The van der Waals surface area contributed by atoms with Gasteiger partial charge in [-0.1, -0.05) is 63.3 Å². The predicted molar refractivity (Wildman–Crippen MR) is 128 cm³/mol. The van der Waals surface area contributed by atoms with Crippen molar-refractivity contribution in [2.24, 2.45) is 0 Å². The zero-order valence-electron chi connectivity index (χ0n) is 19.4. The Balaban J connectivity index is 2.06. The molecule has 8 heteroatoms. The van der Waals surface area contributed by atoms with E-state index in [1.54, 1.807) is 6.07 Å². The summed E-state index contributed by atoms with van der Waals surface area (Å²) in [5.41, 5.74) is 1.69. The van der Waals surface area contributed by atoms with Gasteiger partial charge in [0.25, 0.3) is 0 Å². The molecule has 1 aromatic heterocycles. The first-order valence-corrected chi connectivity index (χ1v) is 13.2. The van der Waals surface area contributed by atoms with Gasteiger partial charge >= 0.3 is 5.97 Å². The first-order valence-electron chi connectivity index (χ1n) is 11.7. The van der Waals surface area contributed by atoms with Crippen molar-refractivity contribution in [1.29, 1.82) is 0 Å². The molecule has 182 valence electrons. The molecule has 1 unspecified atom stereocenters. The van der Waals surface area contributed by atoms with Gasteiger partial charge in [-0.05, 0) is 42.5 Å². The van der Waals surface area contributed by atoms with Gasteiger partial charge < -0.3 is 10.2 Å². The SMILES string of the molecule is CCCCCC(O)c1ccc(CN(CCCCCCC(=O)O)S(=O)(=O)c2cccnc2)cc1. The van der Waals surface area contributed by atoms with Crippen molar-refractivity contribution in [3.05, 3.63) is 59.9 Å². The summed E-state index contributed by atoms with van der Waals surface area (Å²) in [5.74, 6) is -0.810. The van der Waals surface area contributed by atoms with Gasteiger partial charge in [-0.2, -0.15) is 4.31 Å². The lowest BCUT2D eigenvalue weighted by atomic mass is 10.0. The molecule has 0 amide bonds. The van der Waals surface area contributed by atoms with E-state index in [0.29, 0.717) is 19.4 Å². The lowest BCUT2D eigenvalue weighted by molar-refractivity contribution is -0.137. The van der Waals surface area contributed by atoms with Gasteiger partial charge in [0.1, 0.15) is 4.90 Å². The highest BCUT2D eigenvalue weighted by molar-refractivity contribution is 7.89. The molecule has 0 bridgehead atoms. The third-order valence-corrected chi connectivity index (χ3v) is 7.45. The van der Waals surface area contributed by atoms with Crippen LogP contribution in [0, 0.1) is 0 Å². The largest absolute Gasteiger partial charge is 0.481 e. The highest BCUT2D eigenvalue weighted by atomic mass is 32.2. The first kappa shape index (κ1) is 27.0. The fourth-order valence-electron chi connectivity index (χ4n) is 3.65. The second kappa shape index (κ2) is 14.1. The first-order chi connectivity index (χ1) is 15.8. The third kappa shape index (κ3) is 9.23. The molecular weight excluding hydrogens is 440 g/mol. The number of hydrogen-bond acceptors (Lipinski definition) is 5. The zero-order chi connectivity index (χ0) is 24.1. The summed E-state index contributed by atoms with van der Waals surface area (Å²) >= 11 is 0. The highest BCUT2D eigenvalue weighted by Crippen LogP contribution is 2.23. The predicted octanol–water partition coefficient (Wildman–Crippen LogP) is 4.92. The van der Waals surface area contributed by atoms with Gasteiger partial charge in [0.15, 0.2) is 0 Å². The number of aromatic nitrogens is 1. The standard InChI is InChI=1S/C25H36N2O5S/c1-2-3-6-11-24(28)22-15-13-21(14-16-22)20-27(18-8-5-4-7-12-25(29)30)33(31,32)23-10-9-17-26-19-23/h9-10,13-17,19,24,28H,2-8,11-12,18,20H2,1H3,(H,29,30). The minimum Gasteiger partial charge on any atom is -0.481 e. The number of rotatable bonds is 16. The van der Waals surface area contributed by atoms with Crippen molar-refractivity contribution in [2.45, 2.75) is 82.3 Å². The third-order valence-electron chi connectivity index (χ3n) is 5.62. The normalized spacial score (nSPS) is 12.7. The molecule has 2 rings (SSSR count). The van der Waals surface area contributed by atoms with Crippen LogP contribution in [0.25, 0.3) is 0 Å². The number of hydrogen-bond donors (Lipinski definition) is 2. The van der Waals surface area contributed by atoms with Gasteiger partial charge in [-0.3, -0.25) is 9.78 Å². The van der Waals surface area contributed by atoms with Gasteiger partial charge in [0.2, 0.25) is 10.0 Å². The van der Waals surface area contributed by atoms with E-state index in [1.165, 1.54) is 22.8 Å². The van der Waals surface area contributed by atoms with Crippen LogP contribution in [0.4, 0.5) is 0 Å². The maximum Gasteiger partial charge on any atom is 0.303 e. The van der Waals surface area contributed by atoms with Crippen molar-refractivity contribution >= 4 is 16.0 Å². The molecule has 1 aromatic carbocycles. The number of aliphatic hydroxyl groups is 1. The van der Waals surface area contributed by atoms with E-state index >= 15 is 0 Å². The van der Waals surface area contributed by atoms with Crippen LogP contribution in [0.1, 0.15) is 81.9 Å². The molecule has 0 saturated heterocycles. The number of carbonyl (C=O) groups is 1. The molecule has 0 aliphatic rings. The van der Waals surface area contributed by atoms with Crippen molar-refractivity contribution in [2.75, 3.05) is 6.54 Å². The topological polar surface area (TPSA) is 108 Å². The maximum atomic E-state index is 13.2. The highest BCUT2D eigenvalue weighted by Gasteiger charge is 2.24. The van der Waals surface area contributed by atoms with Crippen LogP contribution in [0.15, 0.2) is 53.7 Å². The Morgan fingerprint density at radius 1 is 1.03 bits per heavy atom. The van der Waals surface area contributed by atoms with E-state index in [-0.39, 0.29) is 17.9 Å². The Morgan fingerprint density at radius 3 is 2.39 bits per heavy atom. The molecule has 2 aromatic rings. The lowest BCUT2D eigenvalue weighted by Crippen LogP contribution is -2.31. The molecular formula is C25H36N2O5S. The number of carboxylic acid groups (broad SMARTS) is 1. The summed E-state index contributed by atoms with van der Waals surface area (Å²) in [5, 5.41) is 19.1.